The molecule has 0 aliphatic carbocycles. The number of nitrogens with one attached hydrogen (secondary N) is 1. The third-order valence-corrected chi connectivity index (χ3v) is 5.51. The summed E-state index contributed by atoms with van der Waals surface area (Å²) in [6.07, 6.45) is 13.6. The van der Waals surface area contributed by atoms with Crippen LogP contribution in [0.25, 0.3) is 12.2 Å². The van der Waals surface area contributed by atoms with Gasteiger partial charge in [0, 0.05) is 30.7 Å². The zero-order chi connectivity index (χ0) is 22.5. The summed E-state index contributed by atoms with van der Waals surface area (Å²) in [5.74, 6) is 0.834. The lowest BCUT2D eigenvalue weighted by molar-refractivity contribution is 0.528. The van der Waals surface area contributed by atoms with E-state index < -0.39 is 0 Å². The molecule has 0 saturated heterocycles. The highest BCUT2D eigenvalue weighted by atomic mass is 15.1. The molecule has 0 spiro atoms. The molecular formula is C29H40N2. The van der Waals surface area contributed by atoms with Gasteiger partial charge in [0.2, 0.25) is 0 Å². The highest BCUT2D eigenvalue weighted by molar-refractivity contribution is 5.88. The normalized spacial score (nSPS) is 11.7. The first-order chi connectivity index (χ1) is 15.0. The first kappa shape index (κ1) is 24.5. The average Bonchev–Trinajstić information content (AvgIpc) is 2.91. The summed E-state index contributed by atoms with van der Waals surface area (Å²) in [5.41, 5.74) is 6.22. The second-order valence-electron chi connectivity index (χ2n) is 8.61. The van der Waals surface area contributed by atoms with Gasteiger partial charge in [-0.15, -0.1) is 6.58 Å². The molecule has 0 atom stereocenters. The molecule has 1 aliphatic rings. The molecule has 0 amide bonds. The number of anilines is 2. The summed E-state index contributed by atoms with van der Waals surface area (Å²) in [6.45, 7) is 13.4. The molecule has 3 rings (SSSR count). The van der Waals surface area contributed by atoms with Crippen LogP contribution in [0.1, 0.15) is 63.5 Å². The van der Waals surface area contributed by atoms with E-state index >= 15 is 0 Å². The van der Waals surface area contributed by atoms with Crippen LogP contribution in [0.5, 0.6) is 0 Å². The Kier molecular flexibility index (Phi) is 10.7. The van der Waals surface area contributed by atoms with E-state index in [1.165, 1.54) is 53.9 Å². The van der Waals surface area contributed by atoms with E-state index in [2.05, 4.69) is 105 Å². The summed E-state index contributed by atoms with van der Waals surface area (Å²) in [6, 6.07) is 16.9. The van der Waals surface area contributed by atoms with E-state index in [1.807, 2.05) is 6.08 Å². The standard InChI is InChI=1S/C15H13N.C14H27N/c1-16-14-8-4-2-6-12(14)10-11-13-7-3-5-9-15(13)16;1-5-6-7-11-14(4)15-12-9-8-10-13(2)3/h2-11H,1H3;5,13,15H,1,4,6-12H2,2-3H3. The summed E-state index contributed by atoms with van der Waals surface area (Å²) >= 11 is 0. The summed E-state index contributed by atoms with van der Waals surface area (Å²) in [5, 5.41) is 3.39. The van der Waals surface area contributed by atoms with Crippen molar-refractivity contribution in [2.45, 2.75) is 52.4 Å². The van der Waals surface area contributed by atoms with Gasteiger partial charge in [0.1, 0.15) is 0 Å². The van der Waals surface area contributed by atoms with Crippen LogP contribution in [0, 0.1) is 5.92 Å². The molecule has 0 aromatic heterocycles. The minimum absolute atomic E-state index is 0.834. The van der Waals surface area contributed by atoms with Crippen molar-refractivity contribution in [1.29, 1.82) is 0 Å². The van der Waals surface area contributed by atoms with Crippen molar-refractivity contribution >= 4 is 23.5 Å². The van der Waals surface area contributed by atoms with Crippen LogP contribution in [0.3, 0.4) is 0 Å². The van der Waals surface area contributed by atoms with Gasteiger partial charge in [0.25, 0.3) is 0 Å². The maximum absolute atomic E-state index is 4.01. The molecule has 166 valence electrons. The van der Waals surface area contributed by atoms with Gasteiger partial charge in [-0.25, -0.2) is 0 Å². The summed E-state index contributed by atoms with van der Waals surface area (Å²) in [7, 11) is 2.12. The highest BCUT2D eigenvalue weighted by Gasteiger charge is 2.12. The zero-order valence-electron chi connectivity index (χ0n) is 19.7. The van der Waals surface area contributed by atoms with Gasteiger partial charge in [0.15, 0.2) is 0 Å². The number of para-hydroxylation sites is 2. The second-order valence-corrected chi connectivity index (χ2v) is 8.61. The van der Waals surface area contributed by atoms with Crippen molar-refractivity contribution in [3.05, 3.63) is 84.6 Å². The molecule has 2 aromatic rings. The third-order valence-electron chi connectivity index (χ3n) is 5.51. The Morgan fingerprint density at radius 3 is 2.06 bits per heavy atom. The van der Waals surface area contributed by atoms with Crippen LogP contribution in [0.15, 0.2) is 73.5 Å². The molecule has 0 saturated carbocycles. The molecule has 2 nitrogen and oxygen atoms in total. The second kappa shape index (κ2) is 13.5. The fraction of sp³-hybridized carbons (Fsp3) is 0.379. The Bertz CT molecular complexity index is 798. The van der Waals surface area contributed by atoms with Gasteiger partial charge >= 0.3 is 0 Å². The van der Waals surface area contributed by atoms with Gasteiger partial charge in [-0.1, -0.05) is 87.9 Å². The molecule has 0 unspecified atom stereocenters. The fourth-order valence-corrected chi connectivity index (χ4v) is 3.67. The smallest absolute Gasteiger partial charge is 0.0481 e. The minimum Gasteiger partial charge on any atom is -0.389 e. The number of hydrogen-bond acceptors (Lipinski definition) is 2. The van der Waals surface area contributed by atoms with Crippen LogP contribution in [-0.4, -0.2) is 13.6 Å². The number of fused-ring (bicyclic) bond motifs is 2. The lowest BCUT2D eigenvalue weighted by Gasteiger charge is -2.21. The topological polar surface area (TPSA) is 15.3 Å². The maximum atomic E-state index is 4.01. The monoisotopic (exact) mass is 416 g/mol. The SMILES string of the molecule is C=CCCCC(=C)NCCCCC(C)C.CN1c2ccccc2C=Cc2ccccc21. The lowest BCUT2D eigenvalue weighted by Crippen LogP contribution is -2.13. The lowest BCUT2D eigenvalue weighted by atomic mass is 10.1. The fourth-order valence-electron chi connectivity index (χ4n) is 3.67. The molecule has 2 heteroatoms. The van der Waals surface area contributed by atoms with Crippen molar-refractivity contribution < 1.29 is 0 Å². The average molecular weight is 417 g/mol. The van der Waals surface area contributed by atoms with E-state index in [0.29, 0.717) is 0 Å². The van der Waals surface area contributed by atoms with Gasteiger partial charge < -0.3 is 10.2 Å². The van der Waals surface area contributed by atoms with Crippen LogP contribution in [0.2, 0.25) is 0 Å². The first-order valence-electron chi connectivity index (χ1n) is 11.6. The molecule has 31 heavy (non-hydrogen) atoms. The molecular weight excluding hydrogens is 376 g/mol. The van der Waals surface area contributed by atoms with Crippen LogP contribution < -0.4 is 10.2 Å². The van der Waals surface area contributed by atoms with Gasteiger partial charge in [-0.3, -0.25) is 0 Å². The minimum atomic E-state index is 0.834. The molecule has 2 aromatic carbocycles. The number of unbranched alkanes of at least 4 members (excludes halogenated alkanes) is 2. The number of benzene rings is 2. The number of nitrogens with zero attached hydrogens (tertiary/aromatic N) is 1. The predicted octanol–water partition coefficient (Wildman–Crippen LogP) is 8.21. The van der Waals surface area contributed by atoms with Gasteiger partial charge in [-0.05, 0) is 54.9 Å². The van der Waals surface area contributed by atoms with E-state index in [0.717, 1.165) is 25.3 Å². The zero-order valence-corrected chi connectivity index (χ0v) is 19.7. The number of rotatable bonds is 10. The van der Waals surface area contributed by atoms with E-state index in [9.17, 15) is 0 Å². The molecule has 1 heterocycles. The molecule has 1 N–H and O–H groups in total. The van der Waals surface area contributed by atoms with Crippen LogP contribution in [-0.2, 0) is 0 Å². The molecule has 0 radical (unpaired) electrons. The highest BCUT2D eigenvalue weighted by Crippen LogP contribution is 2.34. The van der Waals surface area contributed by atoms with E-state index in [1.54, 1.807) is 0 Å². The quantitative estimate of drug-likeness (QED) is 0.310. The Labute approximate surface area is 190 Å². The van der Waals surface area contributed by atoms with E-state index in [4.69, 9.17) is 0 Å². The van der Waals surface area contributed by atoms with E-state index in [-0.39, 0.29) is 0 Å². The maximum Gasteiger partial charge on any atom is 0.0481 e. The van der Waals surface area contributed by atoms with Gasteiger partial charge in [0.05, 0.1) is 0 Å². The Hall–Kier alpha value is -2.74. The summed E-state index contributed by atoms with van der Waals surface area (Å²) < 4.78 is 0. The number of hydrogen-bond donors (Lipinski definition) is 1. The molecule has 0 fully saturated rings. The van der Waals surface area contributed by atoms with Crippen molar-refractivity contribution in [2.24, 2.45) is 5.92 Å². The molecule has 1 aliphatic heterocycles. The summed E-state index contributed by atoms with van der Waals surface area (Å²) in [4.78, 5) is 2.24. The largest absolute Gasteiger partial charge is 0.389 e. The van der Waals surface area contributed by atoms with Crippen LogP contribution >= 0.6 is 0 Å². The Balaban J connectivity index is 0.000000221. The Morgan fingerprint density at radius 2 is 1.52 bits per heavy atom. The molecule has 0 bridgehead atoms. The van der Waals surface area contributed by atoms with Gasteiger partial charge in [-0.2, -0.15) is 0 Å². The predicted molar refractivity (Wildman–Crippen MR) is 140 cm³/mol. The van der Waals surface area contributed by atoms with Crippen molar-refractivity contribution in [3.63, 3.8) is 0 Å². The van der Waals surface area contributed by atoms with Crippen molar-refractivity contribution in [3.8, 4) is 0 Å². The van der Waals surface area contributed by atoms with Crippen molar-refractivity contribution in [2.75, 3.05) is 18.5 Å². The van der Waals surface area contributed by atoms with Crippen molar-refractivity contribution in [1.82, 2.24) is 5.32 Å². The Morgan fingerprint density at radius 1 is 0.935 bits per heavy atom. The van der Waals surface area contributed by atoms with Crippen LogP contribution in [0.4, 0.5) is 11.4 Å². The third kappa shape index (κ3) is 8.49. The number of allylic oxidation sites excluding steroid dienone is 2. The first-order valence-corrected chi connectivity index (χ1v) is 11.6.